The van der Waals surface area contributed by atoms with Gasteiger partial charge in [-0.1, -0.05) is 233 Å². The molecule has 288 valence electrons. The van der Waals surface area contributed by atoms with Crippen LogP contribution in [0.3, 0.4) is 0 Å². The molecule has 1 aromatic rings. The predicted molar refractivity (Wildman–Crippen MR) is 221 cm³/mol. The molecule has 0 radical (unpaired) electrons. The topological polar surface area (TPSA) is 25.8 Å². The van der Waals surface area contributed by atoms with Crippen LogP contribution in [-0.2, 0) is 19.3 Å². The molecule has 1 aromatic heterocycles. The summed E-state index contributed by atoms with van der Waals surface area (Å²) in [7, 11) is 0. The normalized spacial score (nSPS) is 11.6. The molecule has 0 atom stereocenters. The number of nitrogens with zero attached hydrogens (tertiary/aromatic N) is 2. The molecule has 2 heteroatoms. The summed E-state index contributed by atoms with van der Waals surface area (Å²) < 4.78 is 0. The van der Waals surface area contributed by atoms with Crippen molar-refractivity contribution >= 4 is 0 Å². The molecule has 0 amide bonds. The van der Waals surface area contributed by atoms with Gasteiger partial charge in [-0.3, -0.25) is 0 Å². The van der Waals surface area contributed by atoms with E-state index in [1.165, 1.54) is 262 Å². The number of rotatable bonds is 39. The second-order valence-electron chi connectivity index (χ2n) is 16.1. The molecule has 0 aliphatic carbocycles. The summed E-state index contributed by atoms with van der Waals surface area (Å²) in [5, 5.41) is 0. The van der Waals surface area contributed by atoms with E-state index in [2.05, 4.69) is 27.7 Å². The smallest absolute Gasteiger partial charge is 0.125 e. The van der Waals surface area contributed by atoms with E-state index in [0.717, 1.165) is 5.82 Å². The first-order valence-electron chi connectivity index (χ1n) is 23.1. The Balaban J connectivity index is 2.44. The average Bonchev–Trinajstić information content (AvgIpc) is 3.10. The summed E-state index contributed by atoms with van der Waals surface area (Å²) in [6.07, 6.45) is 54.5. The Bertz CT molecular complexity index is 752. The van der Waals surface area contributed by atoms with E-state index in [4.69, 9.17) is 9.97 Å². The van der Waals surface area contributed by atoms with Gasteiger partial charge in [-0.05, 0) is 51.0 Å². The Morgan fingerprint density at radius 1 is 0.265 bits per heavy atom. The van der Waals surface area contributed by atoms with E-state index in [1.54, 1.807) is 5.56 Å². The number of hydrogen-bond donors (Lipinski definition) is 0. The molecule has 0 N–H and O–H groups in total. The maximum Gasteiger partial charge on any atom is 0.125 e. The van der Waals surface area contributed by atoms with Crippen LogP contribution >= 0.6 is 0 Å². The Morgan fingerprint density at radius 3 is 0.714 bits per heavy atom. The van der Waals surface area contributed by atoms with Gasteiger partial charge >= 0.3 is 0 Å². The molecule has 0 aliphatic rings. The minimum atomic E-state index is 1.02. The molecule has 0 saturated heterocycles. The molecule has 0 saturated carbocycles. The first kappa shape index (κ1) is 46.1. The lowest BCUT2D eigenvalue weighted by molar-refractivity contribution is 0.538. The van der Waals surface area contributed by atoms with Crippen LogP contribution in [0.1, 0.15) is 275 Å². The van der Waals surface area contributed by atoms with E-state index in [1.807, 2.05) is 0 Å². The van der Waals surface area contributed by atoms with Gasteiger partial charge in [-0.15, -0.1) is 0 Å². The number of hydrogen-bond acceptors (Lipinski definition) is 2. The summed E-state index contributed by atoms with van der Waals surface area (Å²) in [5.74, 6) is 1.02. The standard InChI is InChI=1S/C47H90N2/c1-5-8-11-14-17-20-23-26-29-32-35-38-41-45-46(42-39-36-33-30-27-24-21-18-15-12-9-6-2)48-44(4)49-47(45)43-40-37-34-31-28-25-22-19-16-13-10-7-3/h5-43H2,1-4H3. The van der Waals surface area contributed by atoms with Gasteiger partial charge in [-0.25, -0.2) is 9.97 Å². The monoisotopic (exact) mass is 683 g/mol. The highest BCUT2D eigenvalue weighted by atomic mass is 14.9. The van der Waals surface area contributed by atoms with Crippen molar-refractivity contribution in [1.82, 2.24) is 9.97 Å². The zero-order valence-electron chi connectivity index (χ0n) is 34.5. The quantitative estimate of drug-likeness (QED) is 0.0646. The van der Waals surface area contributed by atoms with Gasteiger partial charge < -0.3 is 0 Å². The summed E-state index contributed by atoms with van der Waals surface area (Å²) in [5.41, 5.74) is 4.39. The van der Waals surface area contributed by atoms with Gasteiger partial charge in [0, 0.05) is 11.4 Å². The molecule has 1 rings (SSSR count). The van der Waals surface area contributed by atoms with Gasteiger partial charge in [0.1, 0.15) is 5.82 Å². The molecule has 2 nitrogen and oxygen atoms in total. The van der Waals surface area contributed by atoms with Crippen molar-refractivity contribution in [3.8, 4) is 0 Å². The van der Waals surface area contributed by atoms with Gasteiger partial charge in [0.05, 0.1) is 0 Å². The Morgan fingerprint density at radius 2 is 0.469 bits per heavy atom. The van der Waals surface area contributed by atoms with E-state index in [-0.39, 0.29) is 0 Å². The van der Waals surface area contributed by atoms with E-state index in [0.29, 0.717) is 0 Å². The number of aromatic nitrogens is 2. The van der Waals surface area contributed by atoms with Crippen molar-refractivity contribution in [2.75, 3.05) is 0 Å². The van der Waals surface area contributed by atoms with Crippen LogP contribution < -0.4 is 0 Å². The minimum Gasteiger partial charge on any atom is -0.238 e. The highest BCUT2D eigenvalue weighted by Crippen LogP contribution is 2.22. The van der Waals surface area contributed by atoms with Gasteiger partial charge in [0.15, 0.2) is 0 Å². The zero-order valence-corrected chi connectivity index (χ0v) is 34.5. The SMILES string of the molecule is CCCCCCCCCCCCCCc1nc(C)nc(CCCCCCCCCCCCCC)c1CCCCCCCCCCCCCC. The number of unbranched alkanes of at least 4 members (excludes halogenated alkanes) is 33. The van der Waals surface area contributed by atoms with E-state index < -0.39 is 0 Å². The van der Waals surface area contributed by atoms with Crippen molar-refractivity contribution in [3.05, 3.63) is 22.8 Å². The average molecular weight is 683 g/mol. The summed E-state index contributed by atoms with van der Waals surface area (Å²) >= 11 is 0. The van der Waals surface area contributed by atoms with Crippen molar-refractivity contribution in [1.29, 1.82) is 0 Å². The highest BCUT2D eigenvalue weighted by Gasteiger charge is 2.13. The molecule has 0 unspecified atom stereocenters. The lowest BCUT2D eigenvalue weighted by Gasteiger charge is -2.15. The van der Waals surface area contributed by atoms with Crippen LogP contribution in [0.2, 0.25) is 0 Å². The summed E-state index contributed by atoms with van der Waals surface area (Å²) in [6.45, 7) is 9.08. The van der Waals surface area contributed by atoms with Crippen LogP contribution in [0, 0.1) is 6.92 Å². The third kappa shape index (κ3) is 29.4. The Hall–Kier alpha value is -0.920. The van der Waals surface area contributed by atoms with Crippen molar-refractivity contribution < 1.29 is 0 Å². The molecular weight excluding hydrogens is 593 g/mol. The fourth-order valence-electron chi connectivity index (χ4n) is 7.83. The van der Waals surface area contributed by atoms with Crippen LogP contribution in [-0.4, -0.2) is 9.97 Å². The fraction of sp³-hybridized carbons (Fsp3) is 0.915. The molecule has 0 aliphatic heterocycles. The predicted octanol–water partition coefficient (Wildman–Crippen LogP) is 16.5. The van der Waals surface area contributed by atoms with E-state index in [9.17, 15) is 0 Å². The molecular formula is C47H90N2. The molecule has 0 fully saturated rings. The van der Waals surface area contributed by atoms with Crippen LogP contribution in [0.5, 0.6) is 0 Å². The van der Waals surface area contributed by atoms with Crippen molar-refractivity contribution in [3.63, 3.8) is 0 Å². The van der Waals surface area contributed by atoms with Gasteiger partial charge in [0.25, 0.3) is 0 Å². The van der Waals surface area contributed by atoms with Crippen LogP contribution in [0.15, 0.2) is 0 Å². The van der Waals surface area contributed by atoms with E-state index >= 15 is 0 Å². The third-order valence-corrected chi connectivity index (χ3v) is 11.1. The van der Waals surface area contributed by atoms with Gasteiger partial charge in [-0.2, -0.15) is 0 Å². The maximum atomic E-state index is 5.10. The summed E-state index contributed by atoms with van der Waals surface area (Å²) in [4.78, 5) is 10.2. The number of aryl methyl sites for hydroxylation is 3. The Kier molecular flexibility index (Phi) is 34.7. The Labute approximate surface area is 310 Å². The van der Waals surface area contributed by atoms with Crippen LogP contribution in [0.25, 0.3) is 0 Å². The third-order valence-electron chi connectivity index (χ3n) is 11.1. The molecule has 0 bridgehead atoms. The van der Waals surface area contributed by atoms with Gasteiger partial charge in [0.2, 0.25) is 0 Å². The molecule has 1 heterocycles. The molecule has 0 spiro atoms. The van der Waals surface area contributed by atoms with Crippen molar-refractivity contribution in [2.24, 2.45) is 0 Å². The largest absolute Gasteiger partial charge is 0.238 e. The fourth-order valence-corrected chi connectivity index (χ4v) is 7.83. The molecule has 49 heavy (non-hydrogen) atoms. The lowest BCUT2D eigenvalue weighted by atomic mass is 9.96. The maximum absolute atomic E-state index is 5.10. The van der Waals surface area contributed by atoms with Crippen molar-refractivity contribution in [2.45, 2.75) is 278 Å². The zero-order chi connectivity index (χ0) is 35.3. The summed E-state index contributed by atoms with van der Waals surface area (Å²) in [6, 6.07) is 0. The highest BCUT2D eigenvalue weighted by molar-refractivity contribution is 5.27. The second kappa shape index (κ2) is 36.9. The minimum absolute atomic E-state index is 1.02. The first-order chi connectivity index (χ1) is 24.2. The molecule has 0 aromatic carbocycles. The first-order valence-corrected chi connectivity index (χ1v) is 23.1. The van der Waals surface area contributed by atoms with Crippen LogP contribution in [0.4, 0.5) is 0 Å². The lowest BCUT2D eigenvalue weighted by Crippen LogP contribution is -2.09. The second-order valence-corrected chi connectivity index (χ2v) is 16.1.